The molecule has 226 valence electrons. The normalized spacial score (nSPS) is 13.0. The first-order valence-electron chi connectivity index (χ1n) is 14.0. The Bertz CT molecular complexity index is 1470. The molecule has 0 radical (unpaired) electrons. The molecule has 1 N–H and O–H groups in total. The maximum Gasteiger partial charge on any atom is 0.264 e. The number of aryl methyl sites for hydroxylation is 1. The molecule has 3 aromatic carbocycles. The van der Waals surface area contributed by atoms with Gasteiger partial charge in [0.15, 0.2) is 0 Å². The van der Waals surface area contributed by atoms with E-state index in [2.05, 4.69) is 5.32 Å². The molecular weight excluding hydrogens is 593 g/mol. The van der Waals surface area contributed by atoms with Gasteiger partial charge in [0, 0.05) is 28.2 Å². The minimum Gasteiger partial charge on any atom is -0.352 e. The molecule has 0 fully saturated rings. The van der Waals surface area contributed by atoms with E-state index in [1.807, 2.05) is 46.8 Å². The summed E-state index contributed by atoms with van der Waals surface area (Å²) in [6.07, 6.45) is 0.706. The molecule has 0 heterocycles. The number of hydrogen-bond donors (Lipinski definition) is 1. The van der Waals surface area contributed by atoms with Crippen LogP contribution in [-0.2, 0) is 26.2 Å². The van der Waals surface area contributed by atoms with E-state index in [-0.39, 0.29) is 29.3 Å². The third-order valence-electron chi connectivity index (χ3n) is 7.29. The van der Waals surface area contributed by atoms with Gasteiger partial charge < -0.3 is 10.2 Å². The van der Waals surface area contributed by atoms with Crippen molar-refractivity contribution >= 4 is 50.7 Å². The van der Waals surface area contributed by atoms with Gasteiger partial charge in [0.1, 0.15) is 12.6 Å². The number of rotatable bonds is 12. The quantitative estimate of drug-likeness (QED) is 0.234. The van der Waals surface area contributed by atoms with Gasteiger partial charge in [-0.25, -0.2) is 8.42 Å². The predicted molar refractivity (Wildman–Crippen MR) is 171 cm³/mol. The Hall–Kier alpha value is -3.07. The lowest BCUT2D eigenvalue weighted by molar-refractivity contribution is -0.139. The monoisotopic (exact) mass is 631 g/mol. The van der Waals surface area contributed by atoms with Gasteiger partial charge in [-0.1, -0.05) is 79.9 Å². The van der Waals surface area contributed by atoms with Crippen molar-refractivity contribution in [1.29, 1.82) is 0 Å². The Morgan fingerprint density at radius 2 is 1.45 bits per heavy atom. The molecule has 0 aliphatic carbocycles. The number of benzene rings is 3. The number of anilines is 1. The van der Waals surface area contributed by atoms with Gasteiger partial charge in [-0.15, -0.1) is 0 Å². The van der Waals surface area contributed by atoms with Crippen molar-refractivity contribution < 1.29 is 18.0 Å². The third kappa shape index (κ3) is 8.06. The van der Waals surface area contributed by atoms with Crippen LogP contribution in [0.15, 0.2) is 71.6 Å². The van der Waals surface area contributed by atoms with Crippen LogP contribution in [0.5, 0.6) is 0 Å². The molecule has 42 heavy (non-hydrogen) atoms. The average Bonchev–Trinajstić information content (AvgIpc) is 2.95. The lowest BCUT2D eigenvalue weighted by atomic mass is 10.0. The van der Waals surface area contributed by atoms with Crippen LogP contribution in [-0.4, -0.2) is 43.8 Å². The van der Waals surface area contributed by atoms with Crippen LogP contribution in [0.1, 0.15) is 63.6 Å². The van der Waals surface area contributed by atoms with Crippen LogP contribution in [0, 0.1) is 6.92 Å². The third-order valence-corrected chi connectivity index (χ3v) is 9.79. The summed E-state index contributed by atoms with van der Waals surface area (Å²) in [5.41, 5.74) is 2.73. The number of nitrogens with one attached hydrogen (secondary N) is 1. The highest BCUT2D eigenvalue weighted by atomic mass is 35.5. The lowest BCUT2D eigenvalue weighted by Crippen LogP contribution is -2.52. The van der Waals surface area contributed by atoms with Crippen LogP contribution < -0.4 is 9.62 Å². The summed E-state index contributed by atoms with van der Waals surface area (Å²) in [6, 6.07) is 17.5. The Morgan fingerprint density at radius 1 is 0.881 bits per heavy atom. The van der Waals surface area contributed by atoms with E-state index in [1.165, 1.54) is 17.0 Å². The fourth-order valence-corrected chi connectivity index (χ4v) is 6.22. The predicted octanol–water partition coefficient (Wildman–Crippen LogP) is 6.95. The van der Waals surface area contributed by atoms with Gasteiger partial charge in [0.25, 0.3) is 10.0 Å². The Morgan fingerprint density at radius 3 is 1.98 bits per heavy atom. The van der Waals surface area contributed by atoms with Crippen molar-refractivity contribution in [2.75, 3.05) is 10.8 Å². The standard InChI is InChI=1S/C32H39Cl2N3O4S/c1-7-23(5)35-32(39)24(6)36(19-28-29(33)9-8-10-30(28)34)31(38)20-37(26-15-13-25(14-16-26)21(2)3)42(40,41)27-17-11-22(4)12-18-27/h8-18,21,23-24H,7,19-20H2,1-6H3,(H,35,39)/t23-,24-/m1/s1. The molecule has 7 nitrogen and oxygen atoms in total. The van der Waals surface area contributed by atoms with Crippen LogP contribution in [0.4, 0.5) is 5.69 Å². The molecule has 3 rings (SSSR count). The SMILES string of the molecule is CC[C@@H](C)NC(=O)[C@@H](C)N(Cc1c(Cl)cccc1Cl)C(=O)CN(c1ccc(C(C)C)cc1)S(=O)(=O)c1ccc(C)cc1. The first-order valence-corrected chi connectivity index (χ1v) is 16.2. The van der Waals surface area contributed by atoms with E-state index in [9.17, 15) is 18.0 Å². The van der Waals surface area contributed by atoms with Gasteiger partial charge in [-0.05, 0) is 75.1 Å². The number of hydrogen-bond acceptors (Lipinski definition) is 4. The molecular formula is C32H39Cl2N3O4S. The lowest BCUT2D eigenvalue weighted by Gasteiger charge is -2.33. The number of carbonyl (C=O) groups excluding carboxylic acids is 2. The van der Waals surface area contributed by atoms with Gasteiger partial charge in [-0.2, -0.15) is 0 Å². The molecule has 2 atom stereocenters. The summed E-state index contributed by atoms with van der Waals surface area (Å²) < 4.78 is 29.1. The van der Waals surface area contributed by atoms with E-state index < -0.39 is 28.5 Å². The second-order valence-corrected chi connectivity index (χ2v) is 13.5. The minimum absolute atomic E-state index is 0.0529. The average molecular weight is 633 g/mol. The van der Waals surface area contributed by atoms with Crippen molar-refractivity contribution in [3.63, 3.8) is 0 Å². The maximum absolute atomic E-state index is 14.1. The van der Waals surface area contributed by atoms with Crippen LogP contribution in [0.3, 0.4) is 0 Å². The van der Waals surface area contributed by atoms with Crippen LogP contribution in [0.2, 0.25) is 10.0 Å². The van der Waals surface area contributed by atoms with Crippen LogP contribution in [0.25, 0.3) is 0 Å². The highest BCUT2D eigenvalue weighted by Gasteiger charge is 2.33. The Labute approximate surface area is 259 Å². The second kappa shape index (κ2) is 14.4. The summed E-state index contributed by atoms with van der Waals surface area (Å²) in [6.45, 7) is 10.8. The number of carbonyl (C=O) groups is 2. The summed E-state index contributed by atoms with van der Waals surface area (Å²) >= 11 is 12.9. The summed E-state index contributed by atoms with van der Waals surface area (Å²) in [5, 5.41) is 3.58. The molecule has 3 aromatic rings. The fraction of sp³-hybridized carbons (Fsp3) is 0.375. The van der Waals surface area contributed by atoms with Crippen molar-refractivity contribution in [2.24, 2.45) is 0 Å². The number of amides is 2. The topological polar surface area (TPSA) is 86.8 Å². The van der Waals surface area contributed by atoms with E-state index in [0.717, 1.165) is 15.4 Å². The molecule has 0 aliphatic heterocycles. The maximum atomic E-state index is 14.1. The first kappa shape index (κ1) is 33.4. The Kier molecular flexibility index (Phi) is 11.5. The molecule has 0 bridgehead atoms. The summed E-state index contributed by atoms with van der Waals surface area (Å²) in [5.74, 6) is -0.708. The number of nitrogens with zero attached hydrogens (tertiary/aromatic N) is 2. The molecule has 10 heteroatoms. The highest BCUT2D eigenvalue weighted by molar-refractivity contribution is 7.92. The van der Waals surface area contributed by atoms with E-state index >= 15 is 0 Å². The first-order chi connectivity index (χ1) is 19.8. The molecule has 0 saturated heterocycles. The van der Waals surface area contributed by atoms with Crippen molar-refractivity contribution in [1.82, 2.24) is 10.2 Å². The molecule has 0 saturated carbocycles. The zero-order valence-corrected chi connectivity index (χ0v) is 27.2. The molecule has 0 aromatic heterocycles. The molecule has 2 amide bonds. The number of halogens is 2. The second-order valence-electron chi connectivity index (χ2n) is 10.8. The number of sulfonamides is 1. The summed E-state index contributed by atoms with van der Waals surface area (Å²) in [7, 11) is -4.16. The van der Waals surface area contributed by atoms with E-state index in [4.69, 9.17) is 23.2 Å². The van der Waals surface area contributed by atoms with Crippen molar-refractivity contribution in [3.05, 3.63) is 93.5 Å². The van der Waals surface area contributed by atoms with Gasteiger partial charge in [-0.3, -0.25) is 13.9 Å². The summed E-state index contributed by atoms with van der Waals surface area (Å²) in [4.78, 5) is 28.7. The fourth-order valence-electron chi connectivity index (χ4n) is 4.29. The molecule has 0 unspecified atom stereocenters. The van der Waals surface area contributed by atoms with Gasteiger partial charge in [0.2, 0.25) is 11.8 Å². The molecule has 0 aliphatic rings. The van der Waals surface area contributed by atoms with Gasteiger partial charge in [0.05, 0.1) is 10.6 Å². The molecule has 0 spiro atoms. The van der Waals surface area contributed by atoms with Crippen molar-refractivity contribution in [3.8, 4) is 0 Å². The van der Waals surface area contributed by atoms with E-state index in [1.54, 1.807) is 49.4 Å². The van der Waals surface area contributed by atoms with Crippen molar-refractivity contribution in [2.45, 2.75) is 77.4 Å². The highest BCUT2D eigenvalue weighted by Crippen LogP contribution is 2.29. The van der Waals surface area contributed by atoms with Crippen LogP contribution >= 0.6 is 23.2 Å². The van der Waals surface area contributed by atoms with E-state index in [0.29, 0.717) is 27.7 Å². The zero-order chi connectivity index (χ0) is 31.2. The largest absolute Gasteiger partial charge is 0.352 e. The Balaban J connectivity index is 2.08. The smallest absolute Gasteiger partial charge is 0.264 e. The van der Waals surface area contributed by atoms with Gasteiger partial charge >= 0.3 is 0 Å². The minimum atomic E-state index is -4.16. The zero-order valence-electron chi connectivity index (χ0n) is 24.9.